The number of anilines is 1. The lowest BCUT2D eigenvalue weighted by Crippen LogP contribution is -1.81. The zero-order valence-corrected chi connectivity index (χ0v) is 11.7. The average molecular weight is 251 g/mol. The molecule has 0 aliphatic carbocycles. The van der Waals surface area contributed by atoms with E-state index in [1.165, 1.54) is 16.7 Å². The SMILES string of the molecule is C=C=CCc1ccc(C)cc1.Cc1ccc(N)cc1. The summed E-state index contributed by atoms with van der Waals surface area (Å²) >= 11 is 0. The predicted octanol–water partition coefficient (Wildman–Crippen LogP) is 4.46. The van der Waals surface area contributed by atoms with Crippen LogP contribution in [0.2, 0.25) is 0 Å². The minimum atomic E-state index is 0.829. The summed E-state index contributed by atoms with van der Waals surface area (Å²) in [6.45, 7) is 7.64. The maximum atomic E-state index is 5.43. The number of allylic oxidation sites excluding steroid dienone is 1. The Labute approximate surface area is 116 Å². The van der Waals surface area contributed by atoms with Gasteiger partial charge in [0.15, 0.2) is 0 Å². The van der Waals surface area contributed by atoms with Crippen LogP contribution in [0.4, 0.5) is 5.69 Å². The number of nitrogen functional groups attached to an aromatic ring is 1. The highest BCUT2D eigenvalue weighted by molar-refractivity contribution is 5.38. The van der Waals surface area contributed by atoms with E-state index < -0.39 is 0 Å². The summed E-state index contributed by atoms with van der Waals surface area (Å²) < 4.78 is 0. The van der Waals surface area contributed by atoms with E-state index in [-0.39, 0.29) is 0 Å². The molecule has 2 aromatic carbocycles. The first-order valence-corrected chi connectivity index (χ1v) is 6.34. The minimum absolute atomic E-state index is 0.829. The molecule has 19 heavy (non-hydrogen) atoms. The lowest BCUT2D eigenvalue weighted by Gasteiger charge is -1.95. The van der Waals surface area contributed by atoms with Crippen LogP contribution in [0.3, 0.4) is 0 Å². The molecule has 0 aliphatic heterocycles. The zero-order valence-electron chi connectivity index (χ0n) is 11.7. The van der Waals surface area contributed by atoms with Gasteiger partial charge in [-0.25, -0.2) is 0 Å². The van der Waals surface area contributed by atoms with Gasteiger partial charge >= 0.3 is 0 Å². The standard InChI is InChI=1S/C11H12.C7H9N/c1-3-4-5-11-8-6-10(2)7-9-11;1-6-2-4-7(8)5-3-6/h4,6-9H,1,5H2,2H3;2-5H,8H2,1H3. The fourth-order valence-electron chi connectivity index (χ4n) is 1.48. The lowest BCUT2D eigenvalue weighted by atomic mass is 10.1. The summed E-state index contributed by atoms with van der Waals surface area (Å²) in [6, 6.07) is 16.3. The topological polar surface area (TPSA) is 26.0 Å². The molecular weight excluding hydrogens is 230 g/mol. The maximum absolute atomic E-state index is 5.43. The zero-order chi connectivity index (χ0) is 14.1. The van der Waals surface area contributed by atoms with Crippen molar-refractivity contribution >= 4 is 5.69 Å². The van der Waals surface area contributed by atoms with Crippen molar-refractivity contribution in [2.24, 2.45) is 0 Å². The number of nitrogens with two attached hydrogens (primary N) is 1. The van der Waals surface area contributed by atoms with E-state index in [0.717, 1.165) is 12.1 Å². The third kappa shape index (κ3) is 6.30. The van der Waals surface area contributed by atoms with Crippen molar-refractivity contribution in [1.29, 1.82) is 0 Å². The first-order valence-electron chi connectivity index (χ1n) is 6.34. The molecule has 1 heteroatoms. The Morgan fingerprint density at radius 3 is 1.84 bits per heavy atom. The molecule has 0 fully saturated rings. The first kappa shape index (κ1) is 14.8. The highest BCUT2D eigenvalue weighted by atomic mass is 14.5. The van der Waals surface area contributed by atoms with Crippen molar-refractivity contribution in [2.75, 3.05) is 5.73 Å². The predicted molar refractivity (Wildman–Crippen MR) is 84.2 cm³/mol. The van der Waals surface area contributed by atoms with Crippen LogP contribution in [0.15, 0.2) is 66.9 Å². The Bertz CT molecular complexity index is 508. The van der Waals surface area contributed by atoms with Crippen molar-refractivity contribution in [3.8, 4) is 0 Å². The van der Waals surface area contributed by atoms with Crippen LogP contribution < -0.4 is 5.73 Å². The largest absolute Gasteiger partial charge is 0.399 e. The van der Waals surface area contributed by atoms with Gasteiger partial charge in [-0.05, 0) is 44.0 Å². The molecule has 2 rings (SSSR count). The molecule has 0 heterocycles. The highest BCUT2D eigenvalue weighted by Gasteiger charge is 1.87. The molecule has 0 radical (unpaired) electrons. The van der Waals surface area contributed by atoms with Gasteiger partial charge in [-0.15, -0.1) is 5.73 Å². The fourth-order valence-corrected chi connectivity index (χ4v) is 1.48. The Morgan fingerprint density at radius 2 is 1.42 bits per heavy atom. The minimum Gasteiger partial charge on any atom is -0.399 e. The van der Waals surface area contributed by atoms with E-state index in [9.17, 15) is 0 Å². The summed E-state index contributed by atoms with van der Waals surface area (Å²) in [5.41, 5.74) is 12.9. The van der Waals surface area contributed by atoms with Crippen LogP contribution in [-0.2, 0) is 6.42 Å². The van der Waals surface area contributed by atoms with Gasteiger partial charge in [-0.1, -0.05) is 54.1 Å². The molecule has 0 spiro atoms. The van der Waals surface area contributed by atoms with Gasteiger partial charge in [-0.2, -0.15) is 0 Å². The molecule has 2 aromatic rings. The quantitative estimate of drug-likeness (QED) is 0.619. The molecule has 0 unspecified atom stereocenters. The number of hydrogen-bond donors (Lipinski definition) is 1. The van der Waals surface area contributed by atoms with Crippen LogP contribution in [0, 0.1) is 13.8 Å². The van der Waals surface area contributed by atoms with Crippen molar-refractivity contribution < 1.29 is 0 Å². The van der Waals surface area contributed by atoms with Gasteiger partial charge in [0.25, 0.3) is 0 Å². The summed E-state index contributed by atoms with van der Waals surface area (Å²) in [4.78, 5) is 0. The van der Waals surface area contributed by atoms with E-state index in [0.29, 0.717) is 0 Å². The molecule has 0 atom stereocenters. The number of rotatable bonds is 2. The number of benzene rings is 2. The average Bonchev–Trinajstić information content (AvgIpc) is 2.42. The molecule has 0 amide bonds. The molecule has 0 aliphatic rings. The van der Waals surface area contributed by atoms with Crippen molar-refractivity contribution in [2.45, 2.75) is 20.3 Å². The number of aryl methyl sites for hydroxylation is 2. The third-order valence-corrected chi connectivity index (χ3v) is 2.68. The summed E-state index contributed by atoms with van der Waals surface area (Å²) in [7, 11) is 0. The molecule has 0 aromatic heterocycles. The van der Waals surface area contributed by atoms with Gasteiger partial charge in [0.05, 0.1) is 0 Å². The van der Waals surface area contributed by atoms with E-state index >= 15 is 0 Å². The second kappa shape index (κ2) is 7.97. The van der Waals surface area contributed by atoms with Crippen LogP contribution in [0.5, 0.6) is 0 Å². The molecule has 0 bridgehead atoms. The van der Waals surface area contributed by atoms with Gasteiger partial charge in [-0.3, -0.25) is 0 Å². The van der Waals surface area contributed by atoms with Gasteiger partial charge < -0.3 is 5.73 Å². The summed E-state index contributed by atoms with van der Waals surface area (Å²) in [5.74, 6) is 0. The molecule has 1 nitrogen and oxygen atoms in total. The second-order valence-corrected chi connectivity index (χ2v) is 4.51. The van der Waals surface area contributed by atoms with Crippen molar-refractivity contribution in [3.63, 3.8) is 0 Å². The van der Waals surface area contributed by atoms with Crippen molar-refractivity contribution in [1.82, 2.24) is 0 Å². The normalized spacial score (nSPS) is 8.95. The van der Waals surface area contributed by atoms with Crippen LogP contribution in [-0.4, -0.2) is 0 Å². The monoisotopic (exact) mass is 251 g/mol. The van der Waals surface area contributed by atoms with Gasteiger partial charge in [0.2, 0.25) is 0 Å². The van der Waals surface area contributed by atoms with E-state index in [1.54, 1.807) is 0 Å². The van der Waals surface area contributed by atoms with Crippen molar-refractivity contribution in [3.05, 3.63) is 83.6 Å². The summed E-state index contributed by atoms with van der Waals surface area (Å²) in [5, 5.41) is 0. The molecule has 98 valence electrons. The maximum Gasteiger partial charge on any atom is 0.0314 e. The van der Waals surface area contributed by atoms with Crippen LogP contribution in [0.1, 0.15) is 16.7 Å². The first-order chi connectivity index (χ1) is 9.11. The van der Waals surface area contributed by atoms with Gasteiger partial charge in [0, 0.05) is 5.69 Å². The lowest BCUT2D eigenvalue weighted by molar-refractivity contribution is 1.26. The van der Waals surface area contributed by atoms with Crippen LogP contribution >= 0.6 is 0 Å². The molecule has 2 N–H and O–H groups in total. The summed E-state index contributed by atoms with van der Waals surface area (Å²) in [6.07, 6.45) is 2.87. The van der Waals surface area contributed by atoms with Gasteiger partial charge in [0.1, 0.15) is 0 Å². The molecular formula is C18H21N. The Hall–Kier alpha value is -2.24. The molecule has 0 saturated heterocycles. The second-order valence-electron chi connectivity index (χ2n) is 4.51. The van der Waals surface area contributed by atoms with E-state index in [4.69, 9.17) is 5.73 Å². The Kier molecular flexibility index (Phi) is 6.21. The Balaban J connectivity index is 0.000000200. The molecule has 0 saturated carbocycles. The Morgan fingerprint density at radius 1 is 0.947 bits per heavy atom. The van der Waals surface area contributed by atoms with E-state index in [2.05, 4.69) is 43.5 Å². The fraction of sp³-hybridized carbons (Fsp3) is 0.167. The number of hydrogen-bond acceptors (Lipinski definition) is 1. The third-order valence-electron chi connectivity index (χ3n) is 2.68. The van der Waals surface area contributed by atoms with Crippen LogP contribution in [0.25, 0.3) is 0 Å². The highest BCUT2D eigenvalue weighted by Crippen LogP contribution is 2.03. The smallest absolute Gasteiger partial charge is 0.0314 e. The van der Waals surface area contributed by atoms with E-state index in [1.807, 2.05) is 37.3 Å².